The van der Waals surface area contributed by atoms with Crippen molar-refractivity contribution in [2.45, 2.75) is 19.3 Å². The first-order valence-electron chi connectivity index (χ1n) is 5.98. The molecule has 1 atom stereocenters. The molecule has 0 amide bonds. The molecule has 0 spiro atoms. The molecule has 0 radical (unpaired) electrons. The first kappa shape index (κ1) is 10.3. The van der Waals surface area contributed by atoms with E-state index < -0.39 is 5.97 Å². The predicted octanol–water partition coefficient (Wildman–Crippen LogP) is 3.03. The summed E-state index contributed by atoms with van der Waals surface area (Å²) in [5.41, 5.74) is 2.56. The van der Waals surface area contributed by atoms with Crippen molar-refractivity contribution in [3.8, 4) is 0 Å². The van der Waals surface area contributed by atoms with Gasteiger partial charge in [-0.25, -0.2) is 0 Å². The van der Waals surface area contributed by atoms with E-state index in [0.717, 1.165) is 12.8 Å². The summed E-state index contributed by atoms with van der Waals surface area (Å²) in [6.45, 7) is 0. The van der Waals surface area contributed by atoms with Gasteiger partial charge in [0.25, 0.3) is 0 Å². The zero-order valence-corrected chi connectivity index (χ0v) is 9.52. The average Bonchev–Trinajstić information content (AvgIpc) is 2.38. The van der Waals surface area contributed by atoms with E-state index in [2.05, 4.69) is 24.3 Å². The molecule has 17 heavy (non-hydrogen) atoms. The number of carboxylic acids is 1. The third-order valence-corrected chi connectivity index (χ3v) is 3.70. The number of fused-ring (bicyclic) bond motifs is 3. The Balaban J connectivity index is 2.11. The summed E-state index contributed by atoms with van der Waals surface area (Å²) in [6.07, 6.45) is 2.32. The molecular formula is C15H14O2. The van der Waals surface area contributed by atoms with E-state index in [-0.39, 0.29) is 5.92 Å². The second kappa shape index (κ2) is 3.88. The van der Waals surface area contributed by atoms with Crippen molar-refractivity contribution in [3.63, 3.8) is 0 Å². The minimum absolute atomic E-state index is 0.205. The number of hydrogen-bond donors (Lipinski definition) is 1. The summed E-state index contributed by atoms with van der Waals surface area (Å²) >= 11 is 0. The van der Waals surface area contributed by atoms with Crippen LogP contribution in [0.1, 0.15) is 17.5 Å². The van der Waals surface area contributed by atoms with Gasteiger partial charge in [-0.05, 0) is 41.2 Å². The minimum atomic E-state index is -0.663. The van der Waals surface area contributed by atoms with Crippen LogP contribution in [-0.2, 0) is 17.6 Å². The molecular weight excluding hydrogens is 212 g/mol. The first-order chi connectivity index (χ1) is 8.25. The van der Waals surface area contributed by atoms with Gasteiger partial charge in [0.1, 0.15) is 0 Å². The van der Waals surface area contributed by atoms with Crippen LogP contribution in [0.5, 0.6) is 0 Å². The first-order valence-corrected chi connectivity index (χ1v) is 5.98. The molecule has 0 aliphatic heterocycles. The van der Waals surface area contributed by atoms with Gasteiger partial charge in [-0.2, -0.15) is 0 Å². The fraction of sp³-hybridized carbons (Fsp3) is 0.267. The Morgan fingerprint density at radius 1 is 1.18 bits per heavy atom. The summed E-state index contributed by atoms with van der Waals surface area (Å²) in [6, 6.07) is 12.5. The van der Waals surface area contributed by atoms with Crippen LogP contribution in [0.15, 0.2) is 36.4 Å². The number of rotatable bonds is 1. The SMILES string of the molecule is O=C(O)C1CCc2c(ccc3ccccc23)C1. The molecule has 0 heterocycles. The Kier molecular flexibility index (Phi) is 2.36. The van der Waals surface area contributed by atoms with Crippen LogP contribution in [-0.4, -0.2) is 11.1 Å². The summed E-state index contributed by atoms with van der Waals surface area (Å²) in [7, 11) is 0. The molecule has 2 nitrogen and oxygen atoms in total. The fourth-order valence-electron chi connectivity index (χ4n) is 2.76. The molecule has 0 saturated carbocycles. The van der Waals surface area contributed by atoms with Gasteiger partial charge < -0.3 is 5.11 Å². The Morgan fingerprint density at radius 3 is 2.82 bits per heavy atom. The molecule has 1 aliphatic rings. The van der Waals surface area contributed by atoms with Crippen LogP contribution in [0.4, 0.5) is 0 Å². The summed E-state index contributed by atoms with van der Waals surface area (Å²) in [4.78, 5) is 11.0. The molecule has 1 N–H and O–H groups in total. The van der Waals surface area contributed by atoms with E-state index >= 15 is 0 Å². The zero-order chi connectivity index (χ0) is 11.8. The molecule has 1 unspecified atom stereocenters. The van der Waals surface area contributed by atoms with Gasteiger partial charge in [0.05, 0.1) is 5.92 Å². The van der Waals surface area contributed by atoms with Gasteiger partial charge >= 0.3 is 5.97 Å². The van der Waals surface area contributed by atoms with Crippen molar-refractivity contribution >= 4 is 16.7 Å². The summed E-state index contributed by atoms with van der Waals surface area (Å²) in [5.74, 6) is -0.868. The van der Waals surface area contributed by atoms with Gasteiger partial charge in [-0.15, -0.1) is 0 Å². The van der Waals surface area contributed by atoms with Crippen molar-refractivity contribution < 1.29 is 9.90 Å². The number of hydrogen-bond acceptors (Lipinski definition) is 1. The van der Waals surface area contributed by atoms with Crippen LogP contribution < -0.4 is 0 Å². The van der Waals surface area contributed by atoms with Crippen molar-refractivity contribution in [2.75, 3.05) is 0 Å². The lowest BCUT2D eigenvalue weighted by Crippen LogP contribution is -2.22. The number of benzene rings is 2. The molecule has 2 heteroatoms. The minimum Gasteiger partial charge on any atom is -0.481 e. The highest BCUT2D eigenvalue weighted by Crippen LogP contribution is 2.31. The van der Waals surface area contributed by atoms with Crippen LogP contribution in [0, 0.1) is 5.92 Å². The number of carboxylic acid groups (broad SMARTS) is 1. The maximum atomic E-state index is 11.0. The quantitative estimate of drug-likeness (QED) is 0.811. The second-order valence-corrected chi connectivity index (χ2v) is 4.70. The highest BCUT2D eigenvalue weighted by Gasteiger charge is 2.24. The van der Waals surface area contributed by atoms with Crippen LogP contribution in [0.3, 0.4) is 0 Å². The maximum absolute atomic E-state index is 11.0. The average molecular weight is 226 g/mol. The molecule has 2 aromatic rings. The number of aryl methyl sites for hydroxylation is 1. The topological polar surface area (TPSA) is 37.3 Å². The third-order valence-electron chi connectivity index (χ3n) is 3.70. The van der Waals surface area contributed by atoms with Crippen molar-refractivity contribution in [3.05, 3.63) is 47.5 Å². The highest BCUT2D eigenvalue weighted by molar-refractivity contribution is 5.87. The van der Waals surface area contributed by atoms with Gasteiger partial charge in [-0.3, -0.25) is 4.79 Å². The van der Waals surface area contributed by atoms with Crippen molar-refractivity contribution in [1.29, 1.82) is 0 Å². The van der Waals surface area contributed by atoms with Gasteiger partial charge in [0.2, 0.25) is 0 Å². The monoisotopic (exact) mass is 226 g/mol. The third kappa shape index (κ3) is 1.70. The van der Waals surface area contributed by atoms with Crippen LogP contribution in [0.25, 0.3) is 10.8 Å². The lowest BCUT2D eigenvalue weighted by atomic mass is 9.82. The highest BCUT2D eigenvalue weighted by atomic mass is 16.4. The van der Waals surface area contributed by atoms with Gasteiger partial charge in [-0.1, -0.05) is 36.4 Å². The largest absolute Gasteiger partial charge is 0.481 e. The van der Waals surface area contributed by atoms with E-state index in [4.69, 9.17) is 5.11 Å². The molecule has 0 aromatic heterocycles. The van der Waals surface area contributed by atoms with Crippen LogP contribution in [0.2, 0.25) is 0 Å². The molecule has 0 saturated heterocycles. The predicted molar refractivity (Wildman–Crippen MR) is 67.1 cm³/mol. The van der Waals surface area contributed by atoms with E-state index in [1.165, 1.54) is 21.9 Å². The van der Waals surface area contributed by atoms with Crippen molar-refractivity contribution in [1.82, 2.24) is 0 Å². The molecule has 0 bridgehead atoms. The number of aliphatic carboxylic acids is 1. The molecule has 1 aliphatic carbocycles. The van der Waals surface area contributed by atoms with E-state index in [9.17, 15) is 4.79 Å². The fourth-order valence-corrected chi connectivity index (χ4v) is 2.76. The molecule has 86 valence electrons. The second-order valence-electron chi connectivity index (χ2n) is 4.70. The van der Waals surface area contributed by atoms with Gasteiger partial charge in [0, 0.05) is 0 Å². The smallest absolute Gasteiger partial charge is 0.306 e. The maximum Gasteiger partial charge on any atom is 0.306 e. The Morgan fingerprint density at radius 2 is 2.00 bits per heavy atom. The van der Waals surface area contributed by atoms with E-state index in [0.29, 0.717) is 6.42 Å². The standard InChI is InChI=1S/C15H14O2/c16-15(17)12-7-8-14-11(9-12)6-5-10-3-1-2-4-13(10)14/h1-6,12H,7-9H2,(H,16,17). The van der Waals surface area contributed by atoms with E-state index in [1.54, 1.807) is 0 Å². The van der Waals surface area contributed by atoms with Gasteiger partial charge in [0.15, 0.2) is 0 Å². The number of carbonyl (C=O) groups is 1. The lowest BCUT2D eigenvalue weighted by Gasteiger charge is -2.22. The summed E-state index contributed by atoms with van der Waals surface area (Å²) in [5, 5.41) is 11.6. The summed E-state index contributed by atoms with van der Waals surface area (Å²) < 4.78 is 0. The normalized spacial score (nSPS) is 18.9. The Bertz CT molecular complexity index is 586. The zero-order valence-electron chi connectivity index (χ0n) is 9.52. The molecule has 3 rings (SSSR count). The lowest BCUT2D eigenvalue weighted by molar-refractivity contribution is -0.142. The Hall–Kier alpha value is -1.83. The van der Waals surface area contributed by atoms with Crippen LogP contribution >= 0.6 is 0 Å². The Labute approximate surface area is 99.9 Å². The van der Waals surface area contributed by atoms with E-state index in [1.807, 2.05) is 12.1 Å². The van der Waals surface area contributed by atoms with Crippen molar-refractivity contribution in [2.24, 2.45) is 5.92 Å². The molecule has 2 aromatic carbocycles. The molecule has 0 fully saturated rings.